The summed E-state index contributed by atoms with van der Waals surface area (Å²) >= 11 is 1.54. The Bertz CT molecular complexity index is 984. The van der Waals surface area contributed by atoms with Crippen LogP contribution < -0.4 is 10.6 Å². The number of Topliss-reactive ketones (excluding diaryl/α,β-unsaturated/α-hetero) is 1. The SMILES string of the molecule is CNc1ccc(Sc2ccc(NC(=O)C3C(C(=O)O)C(C(C)=O)C3C(=O)O)cc2)cc1. The Balaban J connectivity index is 1.69. The van der Waals surface area contributed by atoms with E-state index in [1.54, 1.807) is 24.3 Å². The molecule has 4 N–H and O–H groups in total. The summed E-state index contributed by atoms with van der Waals surface area (Å²) in [4.78, 5) is 49.5. The van der Waals surface area contributed by atoms with Gasteiger partial charge in [-0.2, -0.15) is 0 Å². The fraction of sp³-hybridized carbons (Fsp3) is 0.273. The number of anilines is 2. The fourth-order valence-electron chi connectivity index (χ4n) is 3.85. The number of amides is 1. The van der Waals surface area contributed by atoms with Crippen molar-refractivity contribution in [2.75, 3.05) is 17.7 Å². The summed E-state index contributed by atoms with van der Waals surface area (Å²) in [5.41, 5.74) is 1.42. The summed E-state index contributed by atoms with van der Waals surface area (Å²) in [5, 5.41) is 24.5. The topological polar surface area (TPSA) is 133 Å². The number of carbonyl (C=O) groups excluding carboxylic acids is 2. The zero-order chi connectivity index (χ0) is 22.7. The number of aliphatic carboxylic acids is 2. The van der Waals surface area contributed by atoms with Gasteiger partial charge in [0.05, 0.1) is 17.8 Å². The average Bonchev–Trinajstić information content (AvgIpc) is 2.68. The molecule has 0 heterocycles. The normalized spacial score (nSPS) is 22.1. The van der Waals surface area contributed by atoms with E-state index in [1.807, 2.05) is 31.3 Å². The Morgan fingerprint density at radius 2 is 1.19 bits per heavy atom. The third-order valence-corrected chi connectivity index (χ3v) is 6.41. The molecule has 1 saturated carbocycles. The Hall–Kier alpha value is -3.33. The first-order valence-corrected chi connectivity index (χ1v) is 10.4. The van der Waals surface area contributed by atoms with Crippen molar-refractivity contribution < 1.29 is 29.4 Å². The van der Waals surface area contributed by atoms with Crippen LogP contribution >= 0.6 is 11.8 Å². The molecule has 2 aromatic carbocycles. The van der Waals surface area contributed by atoms with Crippen molar-refractivity contribution in [1.29, 1.82) is 0 Å². The molecule has 0 radical (unpaired) electrons. The van der Waals surface area contributed by atoms with Crippen molar-refractivity contribution in [3.8, 4) is 0 Å². The molecule has 1 aliphatic rings. The number of rotatable bonds is 8. The molecule has 9 heteroatoms. The number of carbonyl (C=O) groups is 4. The van der Waals surface area contributed by atoms with Gasteiger partial charge in [0.15, 0.2) is 0 Å². The molecule has 3 rings (SSSR count). The highest BCUT2D eigenvalue weighted by molar-refractivity contribution is 7.99. The summed E-state index contributed by atoms with van der Waals surface area (Å²) in [7, 11) is 1.84. The third kappa shape index (κ3) is 4.72. The lowest BCUT2D eigenvalue weighted by Gasteiger charge is -2.45. The molecule has 0 aromatic heterocycles. The van der Waals surface area contributed by atoms with Crippen LogP contribution in [-0.4, -0.2) is 40.9 Å². The van der Waals surface area contributed by atoms with Gasteiger partial charge in [-0.15, -0.1) is 0 Å². The standard InChI is InChI=1S/C22H22N2O6S/c1-11(25)16-18(21(27)28)17(19(16)22(29)30)20(26)24-13-5-9-15(10-6-13)31-14-7-3-12(23-2)4-8-14/h3-10,16-19,23H,1-2H3,(H,24,26)(H,27,28)(H,29,30). The number of nitrogens with one attached hydrogen (secondary N) is 2. The van der Waals surface area contributed by atoms with Crippen LogP contribution in [0.15, 0.2) is 58.3 Å². The van der Waals surface area contributed by atoms with Crippen LogP contribution in [-0.2, 0) is 19.2 Å². The maximum absolute atomic E-state index is 12.7. The van der Waals surface area contributed by atoms with E-state index in [-0.39, 0.29) is 0 Å². The smallest absolute Gasteiger partial charge is 0.308 e. The lowest BCUT2D eigenvalue weighted by molar-refractivity contribution is -0.178. The predicted molar refractivity (Wildman–Crippen MR) is 115 cm³/mol. The molecular formula is C22H22N2O6S. The van der Waals surface area contributed by atoms with Crippen molar-refractivity contribution >= 4 is 46.8 Å². The first-order chi connectivity index (χ1) is 14.7. The molecule has 0 bridgehead atoms. The van der Waals surface area contributed by atoms with Crippen molar-refractivity contribution in [2.24, 2.45) is 23.7 Å². The van der Waals surface area contributed by atoms with Gasteiger partial charge in [-0.05, 0) is 55.5 Å². The number of hydrogen-bond donors (Lipinski definition) is 4. The maximum atomic E-state index is 12.7. The summed E-state index contributed by atoms with van der Waals surface area (Å²) in [6.45, 7) is 1.15. The molecule has 1 aliphatic carbocycles. The van der Waals surface area contributed by atoms with E-state index in [4.69, 9.17) is 0 Å². The Labute approximate surface area is 183 Å². The summed E-state index contributed by atoms with van der Waals surface area (Å²) in [6.07, 6.45) is 0. The lowest BCUT2D eigenvalue weighted by Crippen LogP contribution is -2.60. The van der Waals surface area contributed by atoms with E-state index in [0.717, 1.165) is 22.4 Å². The molecule has 0 spiro atoms. The van der Waals surface area contributed by atoms with Crippen molar-refractivity contribution in [1.82, 2.24) is 0 Å². The number of carboxylic acids is 2. The minimum atomic E-state index is -1.35. The van der Waals surface area contributed by atoms with Gasteiger partial charge in [0.25, 0.3) is 0 Å². The summed E-state index contributed by atoms with van der Waals surface area (Å²) in [6, 6.07) is 14.8. The first-order valence-electron chi connectivity index (χ1n) is 9.55. The molecule has 1 fully saturated rings. The molecule has 8 nitrogen and oxygen atoms in total. The van der Waals surface area contributed by atoms with Crippen LogP contribution in [0.25, 0.3) is 0 Å². The van der Waals surface area contributed by atoms with Crippen molar-refractivity contribution in [2.45, 2.75) is 16.7 Å². The lowest BCUT2D eigenvalue weighted by atomic mass is 9.55. The van der Waals surface area contributed by atoms with E-state index < -0.39 is 47.3 Å². The van der Waals surface area contributed by atoms with Gasteiger partial charge in [0.1, 0.15) is 5.78 Å². The first kappa shape index (κ1) is 22.4. The number of ketones is 1. The van der Waals surface area contributed by atoms with E-state index in [0.29, 0.717) is 5.69 Å². The zero-order valence-electron chi connectivity index (χ0n) is 16.9. The predicted octanol–water partition coefficient (Wildman–Crippen LogP) is 3.05. The van der Waals surface area contributed by atoms with Gasteiger partial charge in [-0.25, -0.2) is 0 Å². The van der Waals surface area contributed by atoms with Gasteiger partial charge < -0.3 is 20.8 Å². The number of carboxylic acid groups (broad SMARTS) is 2. The Morgan fingerprint density at radius 3 is 1.58 bits per heavy atom. The van der Waals surface area contributed by atoms with Crippen molar-refractivity contribution in [3.05, 3.63) is 48.5 Å². The van der Waals surface area contributed by atoms with Crippen LogP contribution in [0.5, 0.6) is 0 Å². The summed E-state index contributed by atoms with van der Waals surface area (Å²) < 4.78 is 0. The number of benzene rings is 2. The minimum Gasteiger partial charge on any atom is -0.481 e. The Morgan fingerprint density at radius 1 is 0.742 bits per heavy atom. The fourth-order valence-corrected chi connectivity index (χ4v) is 4.67. The second kappa shape index (κ2) is 9.22. The van der Waals surface area contributed by atoms with Gasteiger partial charge in [0, 0.05) is 34.1 Å². The van der Waals surface area contributed by atoms with Gasteiger partial charge in [-0.3, -0.25) is 19.2 Å². The van der Waals surface area contributed by atoms with Crippen LogP contribution in [0.1, 0.15) is 6.92 Å². The van der Waals surface area contributed by atoms with Gasteiger partial charge in [-0.1, -0.05) is 11.8 Å². The van der Waals surface area contributed by atoms with Gasteiger partial charge >= 0.3 is 11.9 Å². The van der Waals surface area contributed by atoms with E-state index in [2.05, 4.69) is 10.6 Å². The minimum absolute atomic E-state index is 0.416. The highest BCUT2D eigenvalue weighted by Gasteiger charge is 2.62. The molecule has 2 atom stereocenters. The van der Waals surface area contributed by atoms with E-state index in [9.17, 15) is 29.4 Å². The molecule has 1 amide bonds. The molecule has 0 aliphatic heterocycles. The molecule has 31 heavy (non-hydrogen) atoms. The summed E-state index contributed by atoms with van der Waals surface area (Å²) in [5.74, 6) is -9.21. The van der Waals surface area contributed by atoms with Gasteiger partial charge in [0.2, 0.25) is 5.91 Å². The monoisotopic (exact) mass is 442 g/mol. The van der Waals surface area contributed by atoms with Crippen LogP contribution in [0.2, 0.25) is 0 Å². The highest BCUT2D eigenvalue weighted by Crippen LogP contribution is 2.47. The second-order valence-corrected chi connectivity index (χ2v) is 8.43. The van der Waals surface area contributed by atoms with Crippen LogP contribution in [0, 0.1) is 23.7 Å². The van der Waals surface area contributed by atoms with Crippen LogP contribution in [0.4, 0.5) is 11.4 Å². The van der Waals surface area contributed by atoms with E-state index >= 15 is 0 Å². The number of hydrogen-bond acceptors (Lipinski definition) is 6. The van der Waals surface area contributed by atoms with Crippen LogP contribution in [0.3, 0.4) is 0 Å². The van der Waals surface area contributed by atoms with E-state index in [1.165, 1.54) is 11.8 Å². The molecule has 162 valence electrons. The molecule has 0 saturated heterocycles. The maximum Gasteiger partial charge on any atom is 0.308 e. The Kier molecular flexibility index (Phi) is 6.65. The quantitative estimate of drug-likeness (QED) is 0.490. The highest BCUT2D eigenvalue weighted by atomic mass is 32.2. The zero-order valence-corrected chi connectivity index (χ0v) is 17.7. The second-order valence-electron chi connectivity index (χ2n) is 7.28. The molecular weight excluding hydrogens is 420 g/mol. The van der Waals surface area contributed by atoms with Crippen molar-refractivity contribution in [3.63, 3.8) is 0 Å². The largest absolute Gasteiger partial charge is 0.481 e. The third-order valence-electron chi connectivity index (χ3n) is 5.39. The average molecular weight is 442 g/mol. The molecule has 2 aromatic rings. The molecule has 2 unspecified atom stereocenters.